The van der Waals surface area contributed by atoms with Gasteiger partial charge in [-0.3, -0.25) is 0 Å². The Morgan fingerprint density at radius 1 is 1.21 bits per heavy atom. The summed E-state index contributed by atoms with van der Waals surface area (Å²) in [6.07, 6.45) is 3.81. The lowest BCUT2D eigenvalue weighted by atomic mass is 9.96. The van der Waals surface area contributed by atoms with E-state index in [0.717, 1.165) is 32.2 Å². The molecule has 0 radical (unpaired) electrons. The lowest BCUT2D eigenvalue weighted by Gasteiger charge is -2.18. The van der Waals surface area contributed by atoms with Crippen LogP contribution in [-0.4, -0.2) is 25.8 Å². The third-order valence-electron chi connectivity index (χ3n) is 3.56. The fraction of sp³-hybridized carbons (Fsp3) is 0.647. The first-order chi connectivity index (χ1) is 9.25. The molecule has 0 heterocycles. The molecule has 106 valence electrons. The highest BCUT2D eigenvalue weighted by Gasteiger charge is 2.22. The molecule has 0 amide bonds. The van der Waals surface area contributed by atoms with Gasteiger partial charge in [0.1, 0.15) is 0 Å². The van der Waals surface area contributed by atoms with Crippen molar-refractivity contribution in [3.63, 3.8) is 0 Å². The smallest absolute Gasteiger partial charge is 0.0488 e. The maximum Gasteiger partial charge on any atom is 0.0488 e. The normalized spacial score (nSPS) is 16.8. The lowest BCUT2D eigenvalue weighted by Crippen LogP contribution is -2.24. The van der Waals surface area contributed by atoms with Crippen molar-refractivity contribution in [2.75, 3.05) is 19.8 Å². The minimum atomic E-state index is 0.578. The van der Waals surface area contributed by atoms with Gasteiger partial charge in [-0.1, -0.05) is 44.2 Å². The van der Waals surface area contributed by atoms with Gasteiger partial charge in [0.25, 0.3) is 0 Å². The molecule has 0 bridgehead atoms. The number of ether oxygens (including phenoxy) is 1. The van der Waals surface area contributed by atoms with Gasteiger partial charge in [0.15, 0.2) is 0 Å². The molecule has 2 heteroatoms. The van der Waals surface area contributed by atoms with Crippen LogP contribution in [0.1, 0.15) is 44.6 Å². The molecule has 0 spiro atoms. The molecule has 0 aromatic heterocycles. The monoisotopic (exact) mass is 261 g/mol. The van der Waals surface area contributed by atoms with Gasteiger partial charge >= 0.3 is 0 Å². The Hall–Kier alpha value is -0.860. The van der Waals surface area contributed by atoms with Gasteiger partial charge in [0.05, 0.1) is 0 Å². The summed E-state index contributed by atoms with van der Waals surface area (Å²) in [5.41, 5.74) is 1.43. The summed E-state index contributed by atoms with van der Waals surface area (Å²) in [5, 5.41) is 3.65. The van der Waals surface area contributed by atoms with E-state index in [0.29, 0.717) is 11.8 Å². The molecule has 1 N–H and O–H groups in total. The summed E-state index contributed by atoms with van der Waals surface area (Å²) in [5.74, 6) is 1.20. The quantitative estimate of drug-likeness (QED) is 0.686. The summed E-state index contributed by atoms with van der Waals surface area (Å²) in [7, 11) is 0. The summed E-state index contributed by atoms with van der Waals surface area (Å²) >= 11 is 0. The highest BCUT2D eigenvalue weighted by atomic mass is 16.5. The van der Waals surface area contributed by atoms with Crippen LogP contribution < -0.4 is 5.32 Å². The predicted molar refractivity (Wildman–Crippen MR) is 80.5 cm³/mol. The molecule has 1 atom stereocenters. The van der Waals surface area contributed by atoms with Crippen LogP contribution in [0, 0.1) is 5.92 Å². The molecule has 1 aromatic rings. The highest BCUT2D eigenvalue weighted by molar-refractivity contribution is 5.20. The third kappa shape index (κ3) is 5.75. The molecule has 1 saturated carbocycles. The first kappa shape index (κ1) is 14.5. The molecule has 1 aliphatic carbocycles. The van der Waals surface area contributed by atoms with E-state index >= 15 is 0 Å². The summed E-state index contributed by atoms with van der Waals surface area (Å²) in [6, 6.07) is 11.6. The maximum atomic E-state index is 5.74. The molecule has 1 unspecified atom stereocenters. The summed E-state index contributed by atoms with van der Waals surface area (Å²) in [6.45, 7) is 7.22. The zero-order valence-corrected chi connectivity index (χ0v) is 12.3. The van der Waals surface area contributed by atoms with E-state index in [2.05, 4.69) is 49.5 Å². The Balaban J connectivity index is 1.79. The molecule has 1 aromatic carbocycles. The molecule has 1 fully saturated rings. The van der Waals surface area contributed by atoms with E-state index < -0.39 is 0 Å². The van der Waals surface area contributed by atoms with E-state index in [1.54, 1.807) is 0 Å². The fourth-order valence-corrected chi connectivity index (χ4v) is 2.25. The van der Waals surface area contributed by atoms with Gasteiger partial charge in [0.2, 0.25) is 0 Å². The molecular formula is C17H27NO. The van der Waals surface area contributed by atoms with Crippen molar-refractivity contribution in [3.05, 3.63) is 35.9 Å². The lowest BCUT2D eigenvalue weighted by molar-refractivity contribution is 0.103. The standard InChI is InChI=1S/C17H27NO/c1-14(2)13-19-11-10-16(12-18-17-8-9-17)15-6-4-3-5-7-15/h3-7,14,16-18H,8-13H2,1-2H3. The molecule has 0 aliphatic heterocycles. The Labute approximate surface area is 117 Å². The fourth-order valence-electron chi connectivity index (χ4n) is 2.25. The first-order valence-electron chi connectivity index (χ1n) is 7.61. The topological polar surface area (TPSA) is 21.3 Å². The number of rotatable bonds is 9. The van der Waals surface area contributed by atoms with Crippen LogP contribution in [0.3, 0.4) is 0 Å². The Morgan fingerprint density at radius 3 is 2.58 bits per heavy atom. The van der Waals surface area contributed by atoms with Crippen molar-refractivity contribution < 1.29 is 4.74 Å². The van der Waals surface area contributed by atoms with E-state index in [9.17, 15) is 0 Å². The Bertz CT molecular complexity index is 346. The van der Waals surface area contributed by atoms with Crippen LogP contribution in [-0.2, 0) is 4.74 Å². The van der Waals surface area contributed by atoms with Crippen LogP contribution in [0.15, 0.2) is 30.3 Å². The second-order valence-corrected chi connectivity index (χ2v) is 6.05. The van der Waals surface area contributed by atoms with Crippen LogP contribution in [0.2, 0.25) is 0 Å². The van der Waals surface area contributed by atoms with E-state index in [1.165, 1.54) is 18.4 Å². The summed E-state index contributed by atoms with van der Waals surface area (Å²) < 4.78 is 5.74. The number of hydrogen-bond donors (Lipinski definition) is 1. The average Bonchev–Trinajstić information content (AvgIpc) is 3.23. The van der Waals surface area contributed by atoms with Gasteiger partial charge in [-0.05, 0) is 36.7 Å². The second kappa shape index (κ2) is 7.66. The van der Waals surface area contributed by atoms with Crippen LogP contribution >= 0.6 is 0 Å². The van der Waals surface area contributed by atoms with Crippen molar-refractivity contribution in [2.24, 2.45) is 5.92 Å². The van der Waals surface area contributed by atoms with Gasteiger partial charge in [-0.2, -0.15) is 0 Å². The molecule has 19 heavy (non-hydrogen) atoms. The molecule has 1 aliphatic rings. The summed E-state index contributed by atoms with van der Waals surface area (Å²) in [4.78, 5) is 0. The van der Waals surface area contributed by atoms with Crippen molar-refractivity contribution in [1.82, 2.24) is 5.32 Å². The van der Waals surface area contributed by atoms with E-state index in [4.69, 9.17) is 4.74 Å². The highest BCUT2D eigenvalue weighted by Crippen LogP contribution is 2.23. The van der Waals surface area contributed by atoms with Gasteiger partial charge in [-0.15, -0.1) is 0 Å². The van der Waals surface area contributed by atoms with Gasteiger partial charge < -0.3 is 10.1 Å². The SMILES string of the molecule is CC(C)COCCC(CNC1CC1)c1ccccc1. The molecule has 2 nitrogen and oxygen atoms in total. The van der Waals surface area contributed by atoms with Crippen molar-refractivity contribution in [2.45, 2.75) is 45.1 Å². The van der Waals surface area contributed by atoms with Crippen LogP contribution in [0.25, 0.3) is 0 Å². The van der Waals surface area contributed by atoms with Gasteiger partial charge in [-0.25, -0.2) is 0 Å². The maximum absolute atomic E-state index is 5.74. The zero-order valence-electron chi connectivity index (χ0n) is 12.3. The van der Waals surface area contributed by atoms with Crippen molar-refractivity contribution >= 4 is 0 Å². The minimum absolute atomic E-state index is 0.578. The van der Waals surface area contributed by atoms with Crippen LogP contribution in [0.5, 0.6) is 0 Å². The number of benzene rings is 1. The number of nitrogens with one attached hydrogen (secondary N) is 1. The minimum Gasteiger partial charge on any atom is -0.381 e. The Kier molecular flexibility index (Phi) is 5.87. The predicted octanol–water partition coefficient (Wildman–Crippen LogP) is 3.58. The largest absolute Gasteiger partial charge is 0.381 e. The van der Waals surface area contributed by atoms with Gasteiger partial charge in [0, 0.05) is 25.8 Å². The van der Waals surface area contributed by atoms with Crippen molar-refractivity contribution in [3.8, 4) is 0 Å². The molecule has 2 rings (SSSR count). The first-order valence-corrected chi connectivity index (χ1v) is 7.61. The van der Waals surface area contributed by atoms with Crippen LogP contribution in [0.4, 0.5) is 0 Å². The zero-order chi connectivity index (χ0) is 13.5. The number of hydrogen-bond acceptors (Lipinski definition) is 2. The third-order valence-corrected chi connectivity index (χ3v) is 3.56. The average molecular weight is 261 g/mol. The van der Waals surface area contributed by atoms with E-state index in [-0.39, 0.29) is 0 Å². The Morgan fingerprint density at radius 2 is 1.95 bits per heavy atom. The second-order valence-electron chi connectivity index (χ2n) is 6.05. The van der Waals surface area contributed by atoms with E-state index in [1.807, 2.05) is 0 Å². The van der Waals surface area contributed by atoms with Crippen molar-refractivity contribution in [1.29, 1.82) is 0 Å². The molecular weight excluding hydrogens is 234 g/mol. The molecule has 0 saturated heterocycles.